The van der Waals surface area contributed by atoms with Gasteiger partial charge in [0.25, 0.3) is 0 Å². The highest BCUT2D eigenvalue weighted by Gasteiger charge is 2.38. The maximum absolute atomic E-state index is 12.2. The molecule has 0 aromatic carbocycles. The fourth-order valence-corrected chi connectivity index (χ4v) is 2.89. The molecule has 1 fully saturated rings. The molecule has 1 aromatic rings. The quantitative estimate of drug-likeness (QED) is 0.862. The van der Waals surface area contributed by atoms with E-state index in [2.05, 4.69) is 5.10 Å². The van der Waals surface area contributed by atoms with Gasteiger partial charge in [0.2, 0.25) is 5.91 Å². The number of aliphatic carboxylic acids is 1. The van der Waals surface area contributed by atoms with Crippen molar-refractivity contribution in [3.05, 3.63) is 22.5 Å². The number of carboxylic acids is 1. The van der Waals surface area contributed by atoms with Gasteiger partial charge in [-0.1, -0.05) is 18.5 Å². The standard InChI is InChI=1S/C14H18ClN3O3/c1-8-6-7-18(12(8)14(20)21)11(19)5-4-10-9(2)16-17(3)13(10)15/h4-5,8,12H,6-7H2,1-3H3,(H,20,21)/b5-4+. The maximum Gasteiger partial charge on any atom is 0.326 e. The highest BCUT2D eigenvalue weighted by molar-refractivity contribution is 6.31. The van der Waals surface area contributed by atoms with Crippen molar-refractivity contribution < 1.29 is 14.7 Å². The van der Waals surface area contributed by atoms with Crippen LogP contribution >= 0.6 is 11.6 Å². The van der Waals surface area contributed by atoms with Crippen molar-refractivity contribution in [2.75, 3.05) is 6.54 Å². The van der Waals surface area contributed by atoms with Gasteiger partial charge in [-0.3, -0.25) is 9.48 Å². The number of aryl methyl sites for hydroxylation is 2. The lowest BCUT2D eigenvalue weighted by Crippen LogP contribution is -2.42. The number of likely N-dealkylation sites (tertiary alicyclic amines) is 1. The summed E-state index contributed by atoms with van der Waals surface area (Å²) in [5.74, 6) is -1.31. The number of hydrogen-bond donors (Lipinski definition) is 1. The van der Waals surface area contributed by atoms with E-state index in [1.807, 2.05) is 6.92 Å². The average molecular weight is 312 g/mol. The van der Waals surface area contributed by atoms with E-state index in [-0.39, 0.29) is 11.8 Å². The van der Waals surface area contributed by atoms with Crippen LogP contribution in [0.1, 0.15) is 24.6 Å². The first kappa shape index (κ1) is 15.6. The highest BCUT2D eigenvalue weighted by Crippen LogP contribution is 2.25. The van der Waals surface area contributed by atoms with Gasteiger partial charge in [0.15, 0.2) is 0 Å². The smallest absolute Gasteiger partial charge is 0.326 e. The van der Waals surface area contributed by atoms with E-state index in [4.69, 9.17) is 11.6 Å². The summed E-state index contributed by atoms with van der Waals surface area (Å²) in [6.07, 6.45) is 3.65. The van der Waals surface area contributed by atoms with E-state index in [9.17, 15) is 14.7 Å². The summed E-state index contributed by atoms with van der Waals surface area (Å²) in [6.45, 7) is 4.10. The van der Waals surface area contributed by atoms with Gasteiger partial charge in [0.1, 0.15) is 11.2 Å². The summed E-state index contributed by atoms with van der Waals surface area (Å²) < 4.78 is 1.53. The predicted molar refractivity (Wildman–Crippen MR) is 78.9 cm³/mol. The summed E-state index contributed by atoms with van der Waals surface area (Å²) in [6, 6.07) is -0.757. The molecule has 0 aliphatic carbocycles. The van der Waals surface area contributed by atoms with E-state index in [1.54, 1.807) is 20.0 Å². The Balaban J connectivity index is 2.18. The van der Waals surface area contributed by atoms with Crippen LogP contribution < -0.4 is 0 Å². The zero-order valence-electron chi connectivity index (χ0n) is 12.2. The Morgan fingerprint density at radius 3 is 2.67 bits per heavy atom. The van der Waals surface area contributed by atoms with Crippen LogP contribution in [0.25, 0.3) is 6.08 Å². The molecule has 1 aromatic heterocycles. The summed E-state index contributed by atoms with van der Waals surface area (Å²) in [7, 11) is 1.72. The fraction of sp³-hybridized carbons (Fsp3) is 0.500. The Hall–Kier alpha value is -1.82. The molecule has 1 saturated heterocycles. The zero-order chi connectivity index (χ0) is 15.7. The van der Waals surface area contributed by atoms with Crippen molar-refractivity contribution in [1.82, 2.24) is 14.7 Å². The number of carbonyl (C=O) groups is 2. The Bertz CT molecular complexity index is 609. The second kappa shape index (κ2) is 5.89. The molecule has 1 aliphatic rings. The monoisotopic (exact) mass is 311 g/mol. The molecule has 114 valence electrons. The molecule has 2 rings (SSSR count). The summed E-state index contributed by atoms with van der Waals surface area (Å²) in [5, 5.41) is 13.8. The van der Waals surface area contributed by atoms with Crippen molar-refractivity contribution >= 4 is 29.6 Å². The summed E-state index contributed by atoms with van der Waals surface area (Å²) >= 11 is 6.09. The topological polar surface area (TPSA) is 75.4 Å². The summed E-state index contributed by atoms with van der Waals surface area (Å²) in [5.41, 5.74) is 1.39. The lowest BCUT2D eigenvalue weighted by atomic mass is 10.0. The second-order valence-electron chi connectivity index (χ2n) is 5.33. The van der Waals surface area contributed by atoms with Crippen molar-refractivity contribution in [2.45, 2.75) is 26.3 Å². The average Bonchev–Trinajstić information content (AvgIpc) is 2.89. The number of carbonyl (C=O) groups excluding carboxylic acids is 1. The molecule has 6 nitrogen and oxygen atoms in total. The van der Waals surface area contributed by atoms with Crippen LogP contribution in [-0.4, -0.2) is 44.3 Å². The van der Waals surface area contributed by atoms with Crippen LogP contribution in [0.5, 0.6) is 0 Å². The maximum atomic E-state index is 12.2. The van der Waals surface area contributed by atoms with Gasteiger partial charge in [-0.25, -0.2) is 4.79 Å². The number of rotatable bonds is 3. The third-order valence-corrected chi connectivity index (χ3v) is 4.27. The largest absolute Gasteiger partial charge is 0.480 e. The minimum absolute atomic E-state index is 0.0384. The van der Waals surface area contributed by atoms with Crippen LogP contribution in [0, 0.1) is 12.8 Å². The molecule has 2 atom stereocenters. The first-order chi connectivity index (χ1) is 9.82. The van der Waals surface area contributed by atoms with E-state index in [0.717, 1.165) is 5.69 Å². The molecule has 7 heteroatoms. The molecule has 0 saturated carbocycles. The molecule has 0 bridgehead atoms. The minimum Gasteiger partial charge on any atom is -0.480 e. The van der Waals surface area contributed by atoms with Crippen molar-refractivity contribution in [1.29, 1.82) is 0 Å². The van der Waals surface area contributed by atoms with Gasteiger partial charge in [0, 0.05) is 25.2 Å². The number of nitrogens with zero attached hydrogens (tertiary/aromatic N) is 3. The molecule has 1 amide bonds. The third-order valence-electron chi connectivity index (χ3n) is 3.82. The molecule has 2 heterocycles. The predicted octanol–water partition coefficient (Wildman–Crippen LogP) is 1.72. The Kier molecular flexibility index (Phi) is 4.37. The van der Waals surface area contributed by atoms with Crippen LogP contribution in [0.15, 0.2) is 6.08 Å². The van der Waals surface area contributed by atoms with Crippen molar-refractivity contribution in [3.8, 4) is 0 Å². The van der Waals surface area contributed by atoms with Crippen molar-refractivity contribution in [3.63, 3.8) is 0 Å². The Morgan fingerprint density at radius 2 is 2.14 bits per heavy atom. The number of aromatic nitrogens is 2. The van der Waals surface area contributed by atoms with Gasteiger partial charge in [-0.15, -0.1) is 0 Å². The molecular formula is C14H18ClN3O3. The second-order valence-corrected chi connectivity index (χ2v) is 5.69. The molecule has 1 N–H and O–H groups in total. The Morgan fingerprint density at radius 1 is 1.48 bits per heavy atom. The first-order valence-electron chi connectivity index (χ1n) is 6.73. The van der Waals surface area contributed by atoms with Crippen LogP contribution in [0.4, 0.5) is 0 Å². The third kappa shape index (κ3) is 2.95. The lowest BCUT2D eigenvalue weighted by molar-refractivity contribution is -0.147. The first-order valence-corrected chi connectivity index (χ1v) is 7.11. The van der Waals surface area contributed by atoms with Crippen LogP contribution in [-0.2, 0) is 16.6 Å². The van der Waals surface area contributed by atoms with Gasteiger partial charge in [-0.05, 0) is 25.3 Å². The minimum atomic E-state index is -0.961. The molecular weight excluding hydrogens is 294 g/mol. The van der Waals surface area contributed by atoms with E-state index >= 15 is 0 Å². The van der Waals surface area contributed by atoms with Crippen LogP contribution in [0.2, 0.25) is 5.15 Å². The zero-order valence-corrected chi connectivity index (χ0v) is 13.0. The normalized spacial score (nSPS) is 22.2. The number of hydrogen-bond acceptors (Lipinski definition) is 3. The van der Waals surface area contributed by atoms with E-state index in [0.29, 0.717) is 23.7 Å². The molecule has 2 unspecified atom stereocenters. The number of amides is 1. The van der Waals surface area contributed by atoms with Gasteiger partial charge >= 0.3 is 5.97 Å². The van der Waals surface area contributed by atoms with Gasteiger partial charge in [-0.2, -0.15) is 5.10 Å². The molecule has 21 heavy (non-hydrogen) atoms. The molecule has 0 radical (unpaired) electrons. The van der Waals surface area contributed by atoms with Crippen LogP contribution in [0.3, 0.4) is 0 Å². The van der Waals surface area contributed by atoms with Gasteiger partial charge in [0.05, 0.1) is 5.69 Å². The highest BCUT2D eigenvalue weighted by atomic mass is 35.5. The molecule has 0 spiro atoms. The molecule has 1 aliphatic heterocycles. The fourth-order valence-electron chi connectivity index (χ4n) is 2.66. The number of carboxylic acid groups (broad SMARTS) is 1. The summed E-state index contributed by atoms with van der Waals surface area (Å²) in [4.78, 5) is 24.9. The van der Waals surface area contributed by atoms with Crippen molar-refractivity contribution in [2.24, 2.45) is 13.0 Å². The lowest BCUT2D eigenvalue weighted by Gasteiger charge is -2.21. The van der Waals surface area contributed by atoms with E-state index in [1.165, 1.54) is 15.7 Å². The SMILES string of the molecule is Cc1nn(C)c(Cl)c1/C=C/C(=O)N1CCC(C)C1C(=O)O. The number of halogens is 1. The van der Waals surface area contributed by atoms with E-state index < -0.39 is 12.0 Å². The van der Waals surface area contributed by atoms with Gasteiger partial charge < -0.3 is 10.0 Å². The Labute approximate surface area is 128 Å².